The Balaban J connectivity index is 1.91. The molecule has 1 saturated carbocycles. The summed E-state index contributed by atoms with van der Waals surface area (Å²) in [4.78, 5) is 0. The van der Waals surface area contributed by atoms with Gasteiger partial charge in [0.1, 0.15) is 5.76 Å². The van der Waals surface area contributed by atoms with Crippen LogP contribution in [0.4, 0.5) is 0 Å². The molecule has 7 nitrogen and oxygen atoms in total. The Labute approximate surface area is 123 Å². The highest BCUT2D eigenvalue weighted by Gasteiger charge is 2.40. The normalized spacial score (nSPS) is 15.7. The largest absolute Gasteiger partial charge is 0.468 e. The van der Waals surface area contributed by atoms with Crippen molar-refractivity contribution in [2.45, 2.75) is 37.0 Å². The molecule has 0 spiro atoms. The molecule has 0 bridgehead atoms. The van der Waals surface area contributed by atoms with Crippen molar-refractivity contribution in [3.63, 3.8) is 0 Å². The SMILES string of the molecule is CNCc1cn[nH]c1S(=O)(=O)N(Cc1ccco1)C1CC1. The summed E-state index contributed by atoms with van der Waals surface area (Å²) in [5, 5.41) is 9.61. The zero-order chi connectivity index (χ0) is 14.9. The average Bonchev–Trinajstić information content (AvgIpc) is 2.96. The smallest absolute Gasteiger partial charge is 0.260 e. The van der Waals surface area contributed by atoms with Crippen LogP contribution in [0, 0.1) is 0 Å². The Morgan fingerprint density at radius 2 is 2.33 bits per heavy atom. The first-order valence-corrected chi connectivity index (χ1v) is 8.28. The first-order chi connectivity index (χ1) is 10.1. The van der Waals surface area contributed by atoms with E-state index in [2.05, 4.69) is 15.5 Å². The maximum Gasteiger partial charge on any atom is 0.260 e. The summed E-state index contributed by atoms with van der Waals surface area (Å²) in [6.07, 6.45) is 4.86. The zero-order valence-electron chi connectivity index (χ0n) is 11.7. The van der Waals surface area contributed by atoms with Crippen molar-refractivity contribution in [2.75, 3.05) is 7.05 Å². The summed E-state index contributed by atoms with van der Waals surface area (Å²) >= 11 is 0. The Bertz CT molecular complexity index is 689. The summed E-state index contributed by atoms with van der Waals surface area (Å²) in [5.41, 5.74) is 0.641. The lowest BCUT2D eigenvalue weighted by Gasteiger charge is -2.20. The van der Waals surface area contributed by atoms with Gasteiger partial charge in [0, 0.05) is 18.2 Å². The van der Waals surface area contributed by atoms with E-state index in [1.165, 1.54) is 4.31 Å². The van der Waals surface area contributed by atoms with Crippen molar-refractivity contribution in [2.24, 2.45) is 0 Å². The van der Waals surface area contributed by atoms with Crippen LogP contribution in [0.15, 0.2) is 34.0 Å². The molecule has 1 fully saturated rings. The number of nitrogens with one attached hydrogen (secondary N) is 2. The molecule has 0 atom stereocenters. The van der Waals surface area contributed by atoms with Gasteiger partial charge in [0.15, 0.2) is 5.03 Å². The summed E-state index contributed by atoms with van der Waals surface area (Å²) in [6.45, 7) is 0.697. The number of aromatic nitrogens is 2. The molecule has 1 aliphatic rings. The molecule has 0 saturated heterocycles. The van der Waals surface area contributed by atoms with Crippen molar-refractivity contribution in [1.82, 2.24) is 19.8 Å². The van der Waals surface area contributed by atoms with Crippen LogP contribution < -0.4 is 5.32 Å². The number of rotatable bonds is 7. The van der Waals surface area contributed by atoms with E-state index < -0.39 is 10.0 Å². The second-order valence-electron chi connectivity index (χ2n) is 5.12. The van der Waals surface area contributed by atoms with E-state index in [-0.39, 0.29) is 17.6 Å². The van der Waals surface area contributed by atoms with E-state index in [9.17, 15) is 8.42 Å². The number of hydrogen-bond acceptors (Lipinski definition) is 5. The van der Waals surface area contributed by atoms with Crippen LogP contribution in [0.1, 0.15) is 24.2 Å². The summed E-state index contributed by atoms with van der Waals surface area (Å²) in [6, 6.07) is 3.59. The molecule has 21 heavy (non-hydrogen) atoms. The summed E-state index contributed by atoms with van der Waals surface area (Å²) in [5.74, 6) is 0.639. The van der Waals surface area contributed by atoms with Gasteiger partial charge in [-0.2, -0.15) is 9.40 Å². The number of furan rings is 1. The van der Waals surface area contributed by atoms with E-state index >= 15 is 0 Å². The molecule has 0 amide bonds. The lowest BCUT2D eigenvalue weighted by Crippen LogP contribution is -2.33. The maximum atomic E-state index is 12.9. The third-order valence-electron chi connectivity index (χ3n) is 3.46. The van der Waals surface area contributed by atoms with Gasteiger partial charge in [-0.1, -0.05) is 0 Å². The van der Waals surface area contributed by atoms with E-state index in [1.807, 2.05) is 0 Å². The number of nitrogens with zero attached hydrogens (tertiary/aromatic N) is 2. The molecule has 2 aromatic heterocycles. The fraction of sp³-hybridized carbons (Fsp3) is 0.462. The molecular weight excluding hydrogens is 292 g/mol. The van der Waals surface area contributed by atoms with Gasteiger partial charge in [-0.05, 0) is 32.0 Å². The Morgan fingerprint density at radius 3 is 2.95 bits per heavy atom. The van der Waals surface area contributed by atoms with E-state index in [0.717, 1.165) is 12.8 Å². The van der Waals surface area contributed by atoms with Crippen molar-refractivity contribution >= 4 is 10.0 Å². The lowest BCUT2D eigenvalue weighted by atomic mass is 10.4. The van der Waals surface area contributed by atoms with Gasteiger partial charge in [-0.25, -0.2) is 8.42 Å². The molecule has 0 aliphatic heterocycles. The van der Waals surface area contributed by atoms with Crippen molar-refractivity contribution in [1.29, 1.82) is 0 Å². The maximum absolute atomic E-state index is 12.9. The van der Waals surface area contributed by atoms with Crippen LogP contribution >= 0.6 is 0 Å². The fourth-order valence-corrected chi connectivity index (χ4v) is 4.04. The molecular formula is C13H18N4O3S. The number of hydrogen-bond donors (Lipinski definition) is 2. The Kier molecular flexibility index (Phi) is 3.83. The molecule has 3 rings (SSSR count). The first-order valence-electron chi connectivity index (χ1n) is 6.84. The van der Waals surface area contributed by atoms with Crippen LogP contribution in [0.25, 0.3) is 0 Å². The lowest BCUT2D eigenvalue weighted by molar-refractivity contribution is 0.355. The van der Waals surface area contributed by atoms with Crippen LogP contribution in [-0.4, -0.2) is 36.0 Å². The minimum absolute atomic E-state index is 0.0471. The molecule has 8 heteroatoms. The van der Waals surface area contributed by atoms with Gasteiger partial charge in [0.05, 0.1) is 19.0 Å². The molecule has 0 aromatic carbocycles. The predicted molar refractivity (Wildman–Crippen MR) is 75.8 cm³/mol. The predicted octanol–water partition coefficient (Wildman–Crippen LogP) is 1.08. The van der Waals surface area contributed by atoms with Gasteiger partial charge < -0.3 is 9.73 Å². The van der Waals surface area contributed by atoms with Gasteiger partial charge >= 0.3 is 0 Å². The minimum atomic E-state index is -3.61. The topological polar surface area (TPSA) is 91.2 Å². The number of aromatic amines is 1. The molecule has 2 aromatic rings. The van der Waals surface area contributed by atoms with Gasteiger partial charge in [0.2, 0.25) is 0 Å². The van der Waals surface area contributed by atoms with Crippen molar-refractivity contribution < 1.29 is 12.8 Å². The molecule has 2 N–H and O–H groups in total. The van der Waals surface area contributed by atoms with Gasteiger partial charge in [0.25, 0.3) is 10.0 Å². The first kappa shape index (κ1) is 14.3. The van der Waals surface area contributed by atoms with E-state index in [4.69, 9.17) is 4.42 Å². The van der Waals surface area contributed by atoms with E-state index in [1.54, 1.807) is 31.6 Å². The van der Waals surface area contributed by atoms with Crippen LogP contribution in [0.2, 0.25) is 0 Å². The van der Waals surface area contributed by atoms with Gasteiger partial charge in [-0.15, -0.1) is 0 Å². The third kappa shape index (κ3) is 2.87. The van der Waals surface area contributed by atoms with E-state index in [0.29, 0.717) is 17.9 Å². The third-order valence-corrected chi connectivity index (χ3v) is 5.37. The highest BCUT2D eigenvalue weighted by atomic mass is 32.2. The summed E-state index contributed by atoms with van der Waals surface area (Å²) < 4.78 is 32.6. The monoisotopic (exact) mass is 310 g/mol. The molecule has 1 aliphatic carbocycles. The van der Waals surface area contributed by atoms with Crippen molar-refractivity contribution in [3.8, 4) is 0 Å². The molecule has 2 heterocycles. The minimum Gasteiger partial charge on any atom is -0.468 e. The van der Waals surface area contributed by atoms with Crippen LogP contribution in [-0.2, 0) is 23.1 Å². The standard InChI is InChI=1S/C13H18N4O3S/c1-14-7-10-8-15-16-13(10)21(18,19)17(11-4-5-11)9-12-3-2-6-20-12/h2-3,6,8,11,14H,4-5,7,9H2,1H3,(H,15,16). The van der Waals surface area contributed by atoms with Crippen LogP contribution in [0.5, 0.6) is 0 Å². The number of H-pyrrole nitrogens is 1. The van der Waals surface area contributed by atoms with Crippen molar-refractivity contribution in [3.05, 3.63) is 35.9 Å². The number of sulfonamides is 1. The average molecular weight is 310 g/mol. The van der Waals surface area contributed by atoms with Crippen LogP contribution in [0.3, 0.4) is 0 Å². The Hall–Kier alpha value is -1.64. The molecule has 0 unspecified atom stereocenters. The highest BCUT2D eigenvalue weighted by molar-refractivity contribution is 7.89. The zero-order valence-corrected chi connectivity index (χ0v) is 12.6. The summed E-state index contributed by atoms with van der Waals surface area (Å²) in [7, 11) is -1.84. The quantitative estimate of drug-likeness (QED) is 0.798. The molecule has 114 valence electrons. The fourth-order valence-electron chi connectivity index (χ4n) is 2.29. The van der Waals surface area contributed by atoms with Gasteiger partial charge in [-0.3, -0.25) is 5.10 Å². The second kappa shape index (κ2) is 5.63. The molecule has 0 radical (unpaired) electrons. The highest BCUT2D eigenvalue weighted by Crippen LogP contribution is 2.33. The second-order valence-corrected chi connectivity index (χ2v) is 6.94. The Morgan fingerprint density at radius 1 is 1.52 bits per heavy atom.